The summed E-state index contributed by atoms with van der Waals surface area (Å²) < 4.78 is 10.9. The van der Waals surface area contributed by atoms with Gasteiger partial charge in [-0.15, -0.1) is 0 Å². The Morgan fingerprint density at radius 2 is 0.701 bits per heavy atom. The molecule has 107 heavy (non-hydrogen) atoms. The van der Waals surface area contributed by atoms with Gasteiger partial charge in [-0.2, -0.15) is 0 Å². The van der Waals surface area contributed by atoms with Gasteiger partial charge in [0.1, 0.15) is 90.5 Å². The van der Waals surface area contributed by atoms with Crippen molar-refractivity contribution in [3.05, 3.63) is 0 Å². The molecule has 0 spiro atoms. The van der Waals surface area contributed by atoms with Crippen molar-refractivity contribution in [3.8, 4) is 0 Å². The number of carbonyl (C=O) groups excluding carboxylic acids is 16. The Kier molecular flexibility index (Phi) is 41.1. The number of hydrogen-bond donors (Lipinski definition) is 21. The Balaban J connectivity index is 0.00000107. The molecule has 0 aliphatic carbocycles. The highest BCUT2D eigenvalue weighted by atomic mass is 16.6. The van der Waals surface area contributed by atoms with E-state index in [0.717, 1.165) is 0 Å². The first-order valence-corrected chi connectivity index (χ1v) is 35.4. The number of cyclic esters (lactones) is 2. The lowest BCUT2D eigenvalue weighted by molar-refractivity contribution is -0.156. The number of ketones is 1. The third-order valence-corrected chi connectivity index (χ3v) is 17.7. The molecule has 0 aromatic heterocycles. The average molecular weight is 1530 g/mol. The predicted molar refractivity (Wildman–Crippen MR) is 383 cm³/mol. The van der Waals surface area contributed by atoms with Crippen LogP contribution in [0.3, 0.4) is 0 Å². The molecule has 26 N–H and O–H groups in total. The molecular formula is C66H115N19O22. The van der Waals surface area contributed by atoms with Crippen LogP contribution >= 0.6 is 0 Å². The van der Waals surface area contributed by atoms with Gasteiger partial charge in [0.25, 0.3) is 0 Å². The second-order valence-electron chi connectivity index (χ2n) is 27.1. The maximum atomic E-state index is 13.9. The summed E-state index contributed by atoms with van der Waals surface area (Å²) in [6.45, 7) is 21.6. The van der Waals surface area contributed by atoms with Crippen molar-refractivity contribution in [2.24, 2.45) is 62.3 Å². The lowest BCUT2D eigenvalue weighted by Gasteiger charge is -2.32. The van der Waals surface area contributed by atoms with E-state index in [1.807, 2.05) is 0 Å². The fraction of sp³-hybridized carbons (Fsp3) is 0.727. The zero-order valence-corrected chi connectivity index (χ0v) is 63.4. The SMILES string of the molecule is CCC(C)C1NC(=O)C(C(C)CC)NC(=O)C(NC(=O)CC(O)CN=C(N)N)C(C)OC(=O)C(C)NC(=O)C(CC(N)=O)NC(=O)C(C(C)O)NC1=O.CCC(C)C1NC(=O)C(C(C)CC)NC(=O)C(NC(=O)CC(O)CN=C(N)N)C(C)OC(=O)C(C)NC(=O)C(CCC(C)=O)NC(=O)C(C(C)O)NC1=O. The van der Waals surface area contributed by atoms with E-state index in [0.29, 0.717) is 25.7 Å². The fourth-order valence-corrected chi connectivity index (χ4v) is 10.3. The minimum absolute atomic E-state index is 0.156. The largest absolute Gasteiger partial charge is 0.458 e. The Morgan fingerprint density at radius 1 is 0.421 bits per heavy atom. The first-order valence-electron chi connectivity index (χ1n) is 35.4. The van der Waals surface area contributed by atoms with Gasteiger partial charge in [0.05, 0.1) is 56.8 Å². The number of primary amides is 1. The highest BCUT2D eigenvalue weighted by molar-refractivity contribution is 6.00. The van der Waals surface area contributed by atoms with E-state index >= 15 is 0 Å². The summed E-state index contributed by atoms with van der Waals surface area (Å²) in [5, 5.41) is 70.9. The van der Waals surface area contributed by atoms with Crippen LogP contribution in [0.25, 0.3) is 0 Å². The van der Waals surface area contributed by atoms with Crippen molar-refractivity contribution in [2.75, 3.05) is 13.1 Å². The molecule has 2 rings (SSSR count). The summed E-state index contributed by atoms with van der Waals surface area (Å²) in [6.07, 6.45) is -9.49. The number of Topliss-reactive ketones (excluding diaryl/α,β-unsaturated/α-hetero) is 1. The fourth-order valence-electron chi connectivity index (χ4n) is 10.3. The van der Waals surface area contributed by atoms with E-state index in [1.165, 1.54) is 48.5 Å². The number of nitrogens with one attached hydrogen (secondary N) is 12. The van der Waals surface area contributed by atoms with Crippen molar-refractivity contribution in [1.82, 2.24) is 63.8 Å². The van der Waals surface area contributed by atoms with E-state index < -0.39 is 241 Å². The van der Waals surface area contributed by atoms with Crippen LogP contribution in [0.2, 0.25) is 0 Å². The minimum atomic E-state index is -1.69. The van der Waals surface area contributed by atoms with E-state index in [1.54, 1.807) is 55.4 Å². The lowest BCUT2D eigenvalue weighted by atomic mass is 9.94. The van der Waals surface area contributed by atoms with Gasteiger partial charge < -0.3 is 127 Å². The molecule has 41 nitrogen and oxygen atoms in total. The van der Waals surface area contributed by atoms with Crippen LogP contribution in [-0.4, -0.2) is 249 Å². The molecular weight excluding hydrogens is 1410 g/mol. The number of nitrogens with zero attached hydrogens (tertiary/aromatic N) is 2. The van der Waals surface area contributed by atoms with Gasteiger partial charge in [0, 0.05) is 6.42 Å². The molecule has 0 radical (unpaired) electrons. The monoisotopic (exact) mass is 1530 g/mol. The van der Waals surface area contributed by atoms with Gasteiger partial charge in [-0.1, -0.05) is 81.1 Å². The van der Waals surface area contributed by atoms with Crippen molar-refractivity contribution < 1.29 is 107 Å². The number of guanidine groups is 2. The minimum Gasteiger partial charge on any atom is -0.458 e. The summed E-state index contributed by atoms with van der Waals surface area (Å²) in [5.41, 5.74) is 26.4. The normalized spacial score (nSPS) is 27.5. The number of amides is 13. The molecule has 41 heteroatoms. The summed E-state index contributed by atoms with van der Waals surface area (Å²) in [4.78, 5) is 220. The van der Waals surface area contributed by atoms with Crippen molar-refractivity contribution in [3.63, 3.8) is 0 Å². The van der Waals surface area contributed by atoms with Gasteiger partial charge in [-0.3, -0.25) is 72.3 Å². The molecule has 22 atom stereocenters. The maximum absolute atomic E-state index is 13.9. The number of rotatable bonds is 25. The molecule has 0 aromatic carbocycles. The number of aliphatic imine (C=N–C) groups is 2. The van der Waals surface area contributed by atoms with E-state index in [9.17, 15) is 97.1 Å². The molecule has 2 saturated heterocycles. The Labute approximate surface area is 621 Å². The number of nitrogens with two attached hydrogens (primary N) is 5. The third-order valence-electron chi connectivity index (χ3n) is 17.7. The zero-order valence-electron chi connectivity index (χ0n) is 63.4. The standard InChI is InChI=1S/C34H59N9O11.C32H56N10O11/c1-9-15(3)24-29(49)41-25(16(4)10-2)30(50)43-26(19(7)45)31(51)39-22(12-11-17(5)44)28(48)38-18(6)33(53)54-20(8)27(32(52)42-24)40-23(47)13-21(46)14-37-34(35)36;1-8-13(3)22-27(48)40-23(14(4)9-2)28(49)42-24(16(6)43)29(50)38-19(11-20(33)45)26(47)37-15(5)31(52)53-17(7)25(30(51)41-22)39-21(46)10-18(44)12-36-32(34)35/h15-16,18-22,24-27,45-46H,9-14H2,1-8H3,(H,38,48)(H,39,51)(H,40,47)(H,41,49)(H,42,52)(H,43,50)(H4,35,36,37);13-19,22-25,43-44H,8-12H2,1-7H3,(H2,33,45)(H,37,47)(H,38,50)(H,39,46)(H,40,48)(H,41,51)(H,42,49)(H4,34,35,36). The smallest absolute Gasteiger partial charge is 0.328 e. The molecule has 606 valence electrons. The topological polar surface area (TPSA) is 672 Å². The molecule has 2 heterocycles. The summed E-state index contributed by atoms with van der Waals surface area (Å²) in [7, 11) is 0. The van der Waals surface area contributed by atoms with Gasteiger partial charge in [-0.25, -0.2) is 9.59 Å². The van der Waals surface area contributed by atoms with E-state index in [2.05, 4.69) is 73.8 Å². The lowest BCUT2D eigenvalue weighted by Crippen LogP contribution is -2.63. The second kappa shape index (κ2) is 46.2. The van der Waals surface area contributed by atoms with Gasteiger partial charge >= 0.3 is 11.9 Å². The number of aliphatic hydroxyl groups is 4. The maximum Gasteiger partial charge on any atom is 0.328 e. The summed E-state index contributed by atoms with van der Waals surface area (Å²) in [6, 6.07) is -17.8. The molecule has 2 aliphatic rings. The van der Waals surface area contributed by atoms with Crippen LogP contribution in [0, 0.1) is 23.7 Å². The van der Waals surface area contributed by atoms with E-state index in [4.69, 9.17) is 38.1 Å². The average Bonchev–Trinajstić information content (AvgIpc) is 1.52. The Morgan fingerprint density at radius 3 is 0.981 bits per heavy atom. The first-order chi connectivity index (χ1) is 49.7. The van der Waals surface area contributed by atoms with Crippen LogP contribution in [0.5, 0.6) is 0 Å². The van der Waals surface area contributed by atoms with Crippen LogP contribution in [-0.2, 0) is 86.2 Å². The first kappa shape index (κ1) is 95.1. The molecule has 13 amide bonds. The number of hydrogen-bond acceptors (Lipinski definition) is 24. The van der Waals surface area contributed by atoms with Crippen LogP contribution in [0.1, 0.15) is 162 Å². The molecule has 0 bridgehead atoms. The molecule has 0 saturated carbocycles. The van der Waals surface area contributed by atoms with Gasteiger partial charge in [0.2, 0.25) is 76.8 Å². The second-order valence-corrected chi connectivity index (χ2v) is 27.1. The van der Waals surface area contributed by atoms with Crippen LogP contribution in [0.15, 0.2) is 9.98 Å². The van der Waals surface area contributed by atoms with Gasteiger partial charge in [-0.05, 0) is 78.6 Å². The van der Waals surface area contributed by atoms with Crippen molar-refractivity contribution in [1.29, 1.82) is 0 Å². The number of carbonyl (C=O) groups is 16. The Bertz CT molecular complexity index is 3170. The molecule has 0 aromatic rings. The molecule has 2 fully saturated rings. The highest BCUT2D eigenvalue weighted by Crippen LogP contribution is 2.18. The quantitative estimate of drug-likeness (QED) is 0.0229. The zero-order chi connectivity index (χ0) is 82.2. The molecule has 2 aliphatic heterocycles. The number of ether oxygens (including phenoxy) is 2. The summed E-state index contributed by atoms with van der Waals surface area (Å²) in [5.74, 6) is -17.4. The highest BCUT2D eigenvalue weighted by Gasteiger charge is 2.43. The number of esters is 2. The van der Waals surface area contributed by atoms with Crippen LogP contribution < -0.4 is 92.5 Å². The Hall–Kier alpha value is -9.90. The van der Waals surface area contributed by atoms with Crippen LogP contribution in [0.4, 0.5) is 0 Å². The van der Waals surface area contributed by atoms with Gasteiger partial charge in [0.15, 0.2) is 11.9 Å². The molecule has 22 unspecified atom stereocenters. The van der Waals surface area contributed by atoms with E-state index in [-0.39, 0.29) is 43.6 Å². The third kappa shape index (κ3) is 32.8. The number of aliphatic hydroxyl groups excluding tert-OH is 4. The summed E-state index contributed by atoms with van der Waals surface area (Å²) >= 11 is 0. The van der Waals surface area contributed by atoms with Crippen molar-refractivity contribution in [2.45, 2.75) is 271 Å². The predicted octanol–water partition coefficient (Wildman–Crippen LogP) is -8.04. The van der Waals surface area contributed by atoms with Crippen molar-refractivity contribution >= 4 is 106 Å².